The minimum Gasteiger partial charge on any atom is -0.252 e. The van der Waals surface area contributed by atoms with E-state index < -0.39 is 0 Å². The van der Waals surface area contributed by atoms with E-state index >= 15 is 0 Å². The summed E-state index contributed by atoms with van der Waals surface area (Å²) >= 11 is 0. The van der Waals surface area contributed by atoms with Gasteiger partial charge >= 0.3 is 0 Å². The summed E-state index contributed by atoms with van der Waals surface area (Å²) in [4.78, 5) is 9.69. The van der Waals surface area contributed by atoms with Gasteiger partial charge in [0.15, 0.2) is 0 Å². The molecule has 2 aromatic heterocycles. The van der Waals surface area contributed by atoms with Crippen molar-refractivity contribution >= 4 is 21.8 Å². The molecule has 0 radical (unpaired) electrons. The second-order valence-electron chi connectivity index (χ2n) is 6.43. The lowest BCUT2D eigenvalue weighted by Crippen LogP contribution is -2.00. The van der Waals surface area contributed by atoms with Gasteiger partial charge in [0.05, 0.1) is 11.0 Å². The minimum atomic E-state index is 1.06. The predicted octanol–water partition coefficient (Wildman–Crippen LogP) is 5.68. The van der Waals surface area contributed by atoms with Crippen molar-refractivity contribution in [1.82, 2.24) is 9.97 Å². The van der Waals surface area contributed by atoms with Gasteiger partial charge in [-0.3, -0.25) is 9.97 Å². The molecule has 0 bridgehead atoms. The van der Waals surface area contributed by atoms with Crippen LogP contribution in [0.5, 0.6) is 0 Å². The van der Waals surface area contributed by atoms with Crippen molar-refractivity contribution in [3.63, 3.8) is 0 Å². The summed E-state index contributed by atoms with van der Waals surface area (Å²) in [5, 5.41) is 2.43. The van der Waals surface area contributed by atoms with E-state index in [4.69, 9.17) is 9.97 Å². The molecule has 2 nitrogen and oxygen atoms in total. The molecular weight excluding hydrogens is 292 g/mol. The van der Waals surface area contributed by atoms with Gasteiger partial charge in [0.25, 0.3) is 0 Å². The van der Waals surface area contributed by atoms with Gasteiger partial charge in [-0.2, -0.15) is 0 Å². The second kappa shape index (κ2) is 5.41. The van der Waals surface area contributed by atoms with Crippen LogP contribution in [-0.2, 0) is 0 Å². The van der Waals surface area contributed by atoms with E-state index in [1.54, 1.807) is 0 Å². The lowest BCUT2D eigenvalue weighted by molar-refractivity contribution is 1.19. The second-order valence-corrected chi connectivity index (χ2v) is 6.43. The van der Waals surface area contributed by atoms with Gasteiger partial charge in [-0.25, -0.2) is 0 Å². The zero-order valence-electron chi connectivity index (χ0n) is 14.5. The smallest absolute Gasteiger partial charge is 0.0708 e. The van der Waals surface area contributed by atoms with Crippen LogP contribution in [0.15, 0.2) is 48.5 Å². The van der Waals surface area contributed by atoms with E-state index in [9.17, 15) is 0 Å². The van der Waals surface area contributed by atoms with Gasteiger partial charge in [-0.1, -0.05) is 36.4 Å². The van der Waals surface area contributed by atoms with Crippen molar-refractivity contribution in [3.8, 4) is 11.1 Å². The molecule has 2 heteroatoms. The molecule has 0 amide bonds. The number of rotatable bonds is 1. The first-order chi connectivity index (χ1) is 11.6. The largest absolute Gasteiger partial charge is 0.252 e. The number of para-hydroxylation sites is 2. The van der Waals surface area contributed by atoms with Crippen LogP contribution in [-0.4, -0.2) is 9.97 Å². The van der Waals surface area contributed by atoms with E-state index in [1.807, 2.05) is 12.1 Å². The maximum atomic E-state index is 4.85. The van der Waals surface area contributed by atoms with Crippen LogP contribution in [0.1, 0.15) is 22.5 Å². The Morgan fingerprint density at radius 3 is 1.33 bits per heavy atom. The van der Waals surface area contributed by atoms with Gasteiger partial charge in [0, 0.05) is 33.3 Å². The molecular formula is C22H20N2. The highest BCUT2D eigenvalue weighted by Crippen LogP contribution is 2.37. The summed E-state index contributed by atoms with van der Waals surface area (Å²) in [6, 6.07) is 16.7. The van der Waals surface area contributed by atoms with E-state index in [-0.39, 0.29) is 0 Å². The minimum absolute atomic E-state index is 1.06. The van der Waals surface area contributed by atoms with Gasteiger partial charge in [-0.05, 0) is 51.0 Å². The predicted molar refractivity (Wildman–Crippen MR) is 101 cm³/mol. The Kier molecular flexibility index (Phi) is 3.34. The molecule has 118 valence electrons. The quantitative estimate of drug-likeness (QED) is 0.451. The van der Waals surface area contributed by atoms with Crippen LogP contribution < -0.4 is 0 Å². The van der Waals surface area contributed by atoms with Crippen LogP contribution in [0.3, 0.4) is 0 Å². The molecule has 2 aromatic carbocycles. The number of aryl methyl sites for hydroxylation is 4. The SMILES string of the molecule is Cc1nc2ccccc2c(C)c1-c1c(C)nc2ccccc2c1C. The zero-order chi connectivity index (χ0) is 16.8. The molecule has 0 fully saturated rings. The molecule has 0 aliphatic rings. The van der Waals surface area contributed by atoms with Gasteiger partial charge in [-0.15, -0.1) is 0 Å². The highest BCUT2D eigenvalue weighted by Gasteiger charge is 2.17. The fourth-order valence-electron chi connectivity index (χ4n) is 3.80. The van der Waals surface area contributed by atoms with Crippen molar-refractivity contribution in [2.75, 3.05) is 0 Å². The van der Waals surface area contributed by atoms with Crippen LogP contribution in [0.25, 0.3) is 32.9 Å². The zero-order valence-corrected chi connectivity index (χ0v) is 14.5. The Morgan fingerprint density at radius 2 is 0.917 bits per heavy atom. The Morgan fingerprint density at radius 1 is 0.542 bits per heavy atom. The van der Waals surface area contributed by atoms with Crippen molar-refractivity contribution in [3.05, 3.63) is 71.0 Å². The van der Waals surface area contributed by atoms with Crippen LogP contribution in [0.4, 0.5) is 0 Å². The van der Waals surface area contributed by atoms with Crippen molar-refractivity contribution < 1.29 is 0 Å². The summed E-state index contributed by atoms with van der Waals surface area (Å²) in [6.07, 6.45) is 0. The van der Waals surface area contributed by atoms with E-state index in [0.717, 1.165) is 22.4 Å². The Hall–Kier alpha value is -2.74. The molecule has 0 atom stereocenters. The van der Waals surface area contributed by atoms with Gasteiger partial charge < -0.3 is 0 Å². The first kappa shape index (κ1) is 14.8. The molecule has 2 heterocycles. The summed E-state index contributed by atoms with van der Waals surface area (Å²) < 4.78 is 0. The summed E-state index contributed by atoms with van der Waals surface area (Å²) in [5.41, 5.74) is 9.25. The number of pyridine rings is 2. The molecule has 0 aliphatic carbocycles. The molecule has 24 heavy (non-hydrogen) atoms. The maximum Gasteiger partial charge on any atom is 0.0708 e. The summed E-state index contributed by atoms with van der Waals surface area (Å²) in [5.74, 6) is 0. The topological polar surface area (TPSA) is 25.8 Å². The van der Waals surface area contributed by atoms with E-state index in [1.165, 1.54) is 33.0 Å². The van der Waals surface area contributed by atoms with Crippen molar-refractivity contribution in [2.45, 2.75) is 27.7 Å². The normalized spacial score (nSPS) is 11.3. The van der Waals surface area contributed by atoms with Gasteiger partial charge in [0.2, 0.25) is 0 Å². The molecule has 0 saturated carbocycles. The van der Waals surface area contributed by atoms with Crippen molar-refractivity contribution in [1.29, 1.82) is 0 Å². The first-order valence-electron chi connectivity index (χ1n) is 8.30. The molecule has 0 aliphatic heterocycles. The fraction of sp³-hybridized carbons (Fsp3) is 0.182. The van der Waals surface area contributed by atoms with Crippen LogP contribution in [0.2, 0.25) is 0 Å². The lowest BCUT2D eigenvalue weighted by atomic mass is 9.90. The fourth-order valence-corrected chi connectivity index (χ4v) is 3.80. The number of benzene rings is 2. The summed E-state index contributed by atoms with van der Waals surface area (Å²) in [6.45, 7) is 8.59. The molecule has 0 N–H and O–H groups in total. The average molecular weight is 312 g/mol. The van der Waals surface area contributed by atoms with E-state index in [2.05, 4.69) is 64.1 Å². The Bertz CT molecular complexity index is 1000. The number of hydrogen-bond donors (Lipinski definition) is 0. The van der Waals surface area contributed by atoms with Gasteiger partial charge in [0.1, 0.15) is 0 Å². The lowest BCUT2D eigenvalue weighted by Gasteiger charge is -2.18. The first-order valence-corrected chi connectivity index (χ1v) is 8.30. The number of hydrogen-bond acceptors (Lipinski definition) is 2. The molecule has 0 saturated heterocycles. The third-order valence-electron chi connectivity index (χ3n) is 4.92. The Balaban J connectivity index is 2.14. The molecule has 4 aromatic rings. The standard InChI is InChI=1S/C22H20N2/c1-13-17-9-5-7-11-19(17)23-15(3)21(13)22-14(2)18-10-6-8-12-20(18)24-16(22)4/h5-12H,1-4H3. The monoisotopic (exact) mass is 312 g/mol. The Labute approximate surface area is 142 Å². The number of aromatic nitrogens is 2. The molecule has 0 unspecified atom stereocenters. The number of fused-ring (bicyclic) bond motifs is 2. The highest BCUT2D eigenvalue weighted by atomic mass is 14.7. The van der Waals surface area contributed by atoms with Crippen LogP contribution in [0, 0.1) is 27.7 Å². The molecule has 0 spiro atoms. The van der Waals surface area contributed by atoms with E-state index in [0.29, 0.717) is 0 Å². The highest BCUT2D eigenvalue weighted by molar-refractivity contribution is 5.95. The van der Waals surface area contributed by atoms with Crippen molar-refractivity contribution in [2.24, 2.45) is 0 Å². The third-order valence-corrected chi connectivity index (χ3v) is 4.92. The molecule has 4 rings (SSSR count). The average Bonchev–Trinajstić information content (AvgIpc) is 2.57. The third kappa shape index (κ3) is 2.10. The number of nitrogens with zero attached hydrogens (tertiary/aromatic N) is 2. The summed E-state index contributed by atoms with van der Waals surface area (Å²) in [7, 11) is 0. The van der Waals surface area contributed by atoms with Crippen LogP contribution >= 0.6 is 0 Å². The maximum absolute atomic E-state index is 4.85.